The third kappa shape index (κ3) is 4.26. The molecule has 2 unspecified atom stereocenters. The average molecular weight is 424 g/mol. The molecule has 9 heteroatoms. The Morgan fingerprint density at radius 1 is 1.19 bits per heavy atom. The van der Waals surface area contributed by atoms with Crippen LogP contribution in [-0.4, -0.2) is 52.3 Å². The number of carbonyl (C=O) groups excluding carboxylic acids is 1. The first kappa shape index (κ1) is 20.5. The molecular formula is C22H20N2O7. The van der Waals surface area contributed by atoms with Crippen LogP contribution < -0.4 is 0 Å². The predicted octanol–water partition coefficient (Wildman–Crippen LogP) is 3.49. The van der Waals surface area contributed by atoms with Gasteiger partial charge >= 0.3 is 12.1 Å². The smallest absolute Gasteiger partial charge is 0.411 e. The van der Waals surface area contributed by atoms with E-state index < -0.39 is 23.0 Å². The summed E-state index contributed by atoms with van der Waals surface area (Å²) >= 11 is 0. The zero-order valence-corrected chi connectivity index (χ0v) is 16.5. The number of carbonyl (C=O) groups is 2. The van der Waals surface area contributed by atoms with Crippen molar-refractivity contribution in [3.05, 3.63) is 81.4 Å². The molecule has 0 aliphatic carbocycles. The van der Waals surface area contributed by atoms with Gasteiger partial charge in [-0.2, -0.15) is 0 Å². The van der Waals surface area contributed by atoms with Crippen LogP contribution in [0.5, 0.6) is 0 Å². The van der Waals surface area contributed by atoms with Crippen molar-refractivity contribution in [1.29, 1.82) is 0 Å². The van der Waals surface area contributed by atoms with Crippen LogP contribution in [0.15, 0.2) is 54.6 Å². The summed E-state index contributed by atoms with van der Waals surface area (Å²) in [6.45, 7) is 0.686. The summed E-state index contributed by atoms with van der Waals surface area (Å²) in [5.41, 5.74) is 1.49. The molecule has 0 aromatic heterocycles. The van der Waals surface area contributed by atoms with E-state index >= 15 is 0 Å². The number of morpholine rings is 1. The minimum Gasteiger partial charge on any atom is -0.478 e. The molecule has 2 heterocycles. The van der Waals surface area contributed by atoms with Gasteiger partial charge in [0.1, 0.15) is 6.61 Å². The monoisotopic (exact) mass is 424 g/mol. The van der Waals surface area contributed by atoms with E-state index in [2.05, 4.69) is 0 Å². The van der Waals surface area contributed by atoms with Crippen LogP contribution in [0.3, 0.4) is 0 Å². The molecule has 1 fully saturated rings. The summed E-state index contributed by atoms with van der Waals surface area (Å²) in [5.74, 6) is -1.23. The van der Waals surface area contributed by atoms with Crippen LogP contribution in [0.25, 0.3) is 5.57 Å². The Morgan fingerprint density at radius 3 is 2.65 bits per heavy atom. The van der Waals surface area contributed by atoms with Gasteiger partial charge in [-0.15, -0.1) is 0 Å². The molecule has 0 saturated carbocycles. The van der Waals surface area contributed by atoms with E-state index in [0.29, 0.717) is 17.6 Å². The topological polar surface area (TPSA) is 119 Å². The molecule has 9 nitrogen and oxygen atoms in total. The first-order valence-corrected chi connectivity index (χ1v) is 9.73. The normalized spacial score (nSPS) is 20.0. The molecule has 1 saturated heterocycles. The summed E-state index contributed by atoms with van der Waals surface area (Å²) in [6, 6.07) is 12.4. The van der Waals surface area contributed by atoms with Gasteiger partial charge in [-0.25, -0.2) is 9.59 Å². The number of nitro groups is 1. The number of nitro benzene ring substituents is 1. The molecule has 31 heavy (non-hydrogen) atoms. The Hall–Kier alpha value is -3.72. The molecule has 4 rings (SSSR count). The van der Waals surface area contributed by atoms with Crippen LogP contribution in [0.1, 0.15) is 27.9 Å². The van der Waals surface area contributed by atoms with Gasteiger partial charge in [0.25, 0.3) is 5.69 Å². The van der Waals surface area contributed by atoms with Crippen molar-refractivity contribution in [3.8, 4) is 0 Å². The number of benzene rings is 2. The number of rotatable bonds is 5. The molecule has 1 N–H and O–H groups in total. The highest BCUT2D eigenvalue weighted by Crippen LogP contribution is 2.37. The summed E-state index contributed by atoms with van der Waals surface area (Å²) in [7, 11) is 0. The Balaban J connectivity index is 1.58. The fourth-order valence-corrected chi connectivity index (χ4v) is 3.96. The highest BCUT2D eigenvalue weighted by atomic mass is 16.6. The minimum absolute atomic E-state index is 0.148. The van der Waals surface area contributed by atoms with E-state index in [9.17, 15) is 19.7 Å². The number of hydrogen-bond acceptors (Lipinski definition) is 6. The fourth-order valence-electron chi connectivity index (χ4n) is 3.96. The van der Waals surface area contributed by atoms with Gasteiger partial charge in [0.15, 0.2) is 0 Å². The molecule has 160 valence electrons. The Labute approximate surface area is 177 Å². The molecule has 2 bridgehead atoms. The second kappa shape index (κ2) is 8.57. The van der Waals surface area contributed by atoms with Gasteiger partial charge in [-0.1, -0.05) is 36.4 Å². The van der Waals surface area contributed by atoms with Crippen molar-refractivity contribution in [1.82, 2.24) is 4.90 Å². The summed E-state index contributed by atoms with van der Waals surface area (Å²) < 4.78 is 11.1. The van der Waals surface area contributed by atoms with Crippen molar-refractivity contribution >= 4 is 23.3 Å². The zero-order chi connectivity index (χ0) is 22.0. The number of ether oxygens (including phenoxy) is 2. The number of carboxylic acids is 1. The third-order valence-corrected chi connectivity index (χ3v) is 5.40. The first-order chi connectivity index (χ1) is 14.9. The van der Waals surface area contributed by atoms with E-state index in [4.69, 9.17) is 14.6 Å². The van der Waals surface area contributed by atoms with Crippen LogP contribution >= 0.6 is 0 Å². The quantitative estimate of drug-likeness (QED) is 0.576. The van der Waals surface area contributed by atoms with Crippen LogP contribution in [0, 0.1) is 10.1 Å². The van der Waals surface area contributed by atoms with Crippen molar-refractivity contribution in [2.75, 3.05) is 13.2 Å². The molecule has 2 aromatic rings. The van der Waals surface area contributed by atoms with Crippen molar-refractivity contribution in [2.24, 2.45) is 0 Å². The maximum absolute atomic E-state index is 12.8. The standard InChI is InChI=1S/C22H20N2O7/c25-21(26)15-6-7-19(20(10-15)24(28)29)16-8-17-12-30-13-18(9-16)23(17)22(27)31-11-14-4-2-1-3-5-14/h1-8,10,17-18H,9,11-13H2,(H,25,26). The predicted molar refractivity (Wildman–Crippen MR) is 110 cm³/mol. The summed E-state index contributed by atoms with van der Waals surface area (Å²) in [5, 5.41) is 20.7. The van der Waals surface area contributed by atoms with Gasteiger partial charge in [0.2, 0.25) is 0 Å². The van der Waals surface area contributed by atoms with E-state index in [1.165, 1.54) is 12.1 Å². The Bertz CT molecular complexity index is 1050. The lowest BCUT2D eigenvalue weighted by Crippen LogP contribution is -2.56. The second-order valence-corrected chi connectivity index (χ2v) is 7.40. The van der Waals surface area contributed by atoms with Gasteiger partial charge in [-0.05, 0) is 29.7 Å². The Kier molecular flexibility index (Phi) is 5.68. The lowest BCUT2D eigenvalue weighted by atomic mass is 9.89. The van der Waals surface area contributed by atoms with Crippen LogP contribution in [0.2, 0.25) is 0 Å². The van der Waals surface area contributed by atoms with Gasteiger partial charge in [-0.3, -0.25) is 15.0 Å². The number of aromatic carboxylic acids is 1. The number of fused-ring (bicyclic) bond motifs is 2. The highest BCUT2D eigenvalue weighted by Gasteiger charge is 2.40. The molecular weight excluding hydrogens is 404 g/mol. The molecule has 0 spiro atoms. The molecule has 1 amide bonds. The first-order valence-electron chi connectivity index (χ1n) is 9.73. The van der Waals surface area contributed by atoms with E-state index in [1.807, 2.05) is 30.3 Å². The highest BCUT2D eigenvalue weighted by molar-refractivity contribution is 5.90. The number of nitrogens with zero attached hydrogens (tertiary/aromatic N) is 2. The number of amides is 1. The minimum atomic E-state index is -1.23. The molecule has 2 atom stereocenters. The number of hydrogen-bond donors (Lipinski definition) is 1. The zero-order valence-electron chi connectivity index (χ0n) is 16.5. The van der Waals surface area contributed by atoms with Crippen molar-refractivity contribution < 1.29 is 29.1 Å². The summed E-state index contributed by atoms with van der Waals surface area (Å²) in [4.78, 5) is 36.5. The third-order valence-electron chi connectivity index (χ3n) is 5.40. The molecule has 2 aliphatic heterocycles. The molecule has 2 aliphatic rings. The van der Waals surface area contributed by atoms with Gasteiger partial charge in [0, 0.05) is 6.07 Å². The average Bonchev–Trinajstić information content (AvgIpc) is 2.76. The maximum Gasteiger partial charge on any atom is 0.411 e. The molecule has 2 aromatic carbocycles. The van der Waals surface area contributed by atoms with Gasteiger partial charge < -0.3 is 14.6 Å². The fraction of sp³-hybridized carbons (Fsp3) is 0.273. The van der Waals surface area contributed by atoms with E-state index in [0.717, 1.165) is 11.6 Å². The van der Waals surface area contributed by atoms with Crippen molar-refractivity contribution in [2.45, 2.75) is 25.1 Å². The SMILES string of the molecule is O=C(O)c1ccc(C2=CC3COCC(C2)N3C(=O)OCc2ccccc2)c([N+](=O)[O-])c1. The lowest BCUT2D eigenvalue weighted by Gasteiger charge is -2.43. The van der Waals surface area contributed by atoms with E-state index in [-0.39, 0.29) is 37.1 Å². The van der Waals surface area contributed by atoms with Crippen LogP contribution in [0.4, 0.5) is 10.5 Å². The van der Waals surface area contributed by atoms with Crippen molar-refractivity contribution in [3.63, 3.8) is 0 Å². The van der Waals surface area contributed by atoms with Crippen LogP contribution in [-0.2, 0) is 16.1 Å². The second-order valence-electron chi connectivity index (χ2n) is 7.40. The van der Waals surface area contributed by atoms with Gasteiger partial charge in [0.05, 0.1) is 41.3 Å². The van der Waals surface area contributed by atoms with E-state index in [1.54, 1.807) is 11.0 Å². The largest absolute Gasteiger partial charge is 0.478 e. The summed E-state index contributed by atoms with van der Waals surface area (Å²) in [6.07, 6.45) is 1.64. The Morgan fingerprint density at radius 2 is 1.97 bits per heavy atom. The number of carboxylic acid groups (broad SMARTS) is 1. The molecule has 0 radical (unpaired) electrons. The lowest BCUT2D eigenvalue weighted by molar-refractivity contribution is -0.385. The maximum atomic E-state index is 12.8.